The molecule has 3 aromatic carbocycles. The summed E-state index contributed by atoms with van der Waals surface area (Å²) < 4.78 is 29.1. The molecule has 2 N–H and O–H groups in total. The smallest absolute Gasteiger partial charge is 0.419 e. The van der Waals surface area contributed by atoms with Crippen molar-refractivity contribution in [1.82, 2.24) is 29.1 Å². The Hall–Kier alpha value is -7.11. The molecule has 17 nitrogen and oxygen atoms in total. The van der Waals surface area contributed by atoms with E-state index < -0.39 is 58.9 Å². The zero-order valence-corrected chi connectivity index (χ0v) is 33.3. The number of fused-ring (bicyclic) bond motifs is 2. The van der Waals surface area contributed by atoms with Gasteiger partial charge in [0.2, 0.25) is 11.3 Å². The molecule has 312 valence electrons. The van der Waals surface area contributed by atoms with Gasteiger partial charge in [0.1, 0.15) is 30.6 Å². The summed E-state index contributed by atoms with van der Waals surface area (Å²) in [6.07, 6.45) is -0.127. The standard InChI is InChI=1S/C42H43FN8O9/c1-5-47-21-30(39(54)55)35(52)29-19-31(43)33(20-32(29)47)48-15-17-49(18-16-48)41(57)59-23-27-11-13-28(14-12-27)44-38(53)25(4)36-45-46-37-34(24(2)3)50(40(56)51(36)37)42(58)60-22-26-9-7-6-8-10-26/h6-14,19-21,24-25,34H,5,15-18,22-23H2,1-4H3,(H,44,53)(H,54,55). The van der Waals surface area contributed by atoms with Crippen LogP contribution < -0.4 is 15.6 Å². The maximum atomic E-state index is 15.3. The van der Waals surface area contributed by atoms with Crippen LogP contribution in [0.25, 0.3) is 10.9 Å². The zero-order valence-electron chi connectivity index (χ0n) is 33.3. The summed E-state index contributed by atoms with van der Waals surface area (Å²) in [6.45, 7) is 8.41. The average molecular weight is 823 g/mol. The number of amides is 4. The number of nitrogens with zero attached hydrogens (tertiary/aromatic N) is 7. The number of rotatable bonds is 11. The van der Waals surface area contributed by atoms with Crippen LogP contribution in [-0.2, 0) is 34.0 Å². The second kappa shape index (κ2) is 17.0. The van der Waals surface area contributed by atoms with Crippen molar-refractivity contribution in [2.24, 2.45) is 5.92 Å². The van der Waals surface area contributed by atoms with Crippen molar-refractivity contribution < 1.29 is 42.9 Å². The first kappa shape index (κ1) is 41.1. The van der Waals surface area contributed by atoms with Crippen molar-refractivity contribution in [3.05, 3.63) is 117 Å². The molecule has 2 unspecified atom stereocenters. The summed E-state index contributed by atoms with van der Waals surface area (Å²) in [5.74, 6) is -3.37. The number of anilines is 2. The molecule has 1 fully saturated rings. The van der Waals surface area contributed by atoms with Gasteiger partial charge in [0.25, 0.3) is 0 Å². The van der Waals surface area contributed by atoms with Gasteiger partial charge in [-0.05, 0) is 55.2 Å². The number of piperazine rings is 1. The summed E-state index contributed by atoms with van der Waals surface area (Å²) in [5.41, 5.74) is 1.31. The van der Waals surface area contributed by atoms with Crippen LogP contribution >= 0.6 is 0 Å². The van der Waals surface area contributed by atoms with E-state index in [1.807, 2.05) is 32.0 Å². The van der Waals surface area contributed by atoms with Gasteiger partial charge in [-0.3, -0.25) is 9.59 Å². The second-order valence-electron chi connectivity index (χ2n) is 14.9. The number of aryl methyl sites for hydroxylation is 1. The monoisotopic (exact) mass is 822 g/mol. The molecule has 5 aromatic rings. The topological polar surface area (TPSA) is 198 Å². The molecule has 1 saturated heterocycles. The Kier molecular flexibility index (Phi) is 11.6. The normalized spacial score (nSPS) is 15.6. The van der Waals surface area contributed by atoms with Gasteiger partial charge in [-0.1, -0.05) is 56.3 Å². The lowest BCUT2D eigenvalue weighted by molar-refractivity contribution is -0.117. The third-order valence-electron chi connectivity index (χ3n) is 10.6. The first-order valence-electron chi connectivity index (χ1n) is 19.4. The van der Waals surface area contributed by atoms with Crippen LogP contribution in [0.15, 0.2) is 77.7 Å². The maximum absolute atomic E-state index is 15.3. The number of ether oxygens (including phenoxy) is 2. The van der Waals surface area contributed by atoms with Crippen molar-refractivity contribution in [3.63, 3.8) is 0 Å². The molecule has 7 rings (SSSR count). The number of imide groups is 1. The minimum Gasteiger partial charge on any atom is -0.477 e. The van der Waals surface area contributed by atoms with E-state index in [-0.39, 0.29) is 68.0 Å². The van der Waals surface area contributed by atoms with Crippen LogP contribution in [0.5, 0.6) is 0 Å². The first-order valence-corrected chi connectivity index (χ1v) is 19.4. The fraction of sp³-hybridized carbons (Fsp3) is 0.333. The van der Waals surface area contributed by atoms with Crippen LogP contribution in [0.1, 0.15) is 72.8 Å². The Morgan fingerprint density at radius 1 is 0.883 bits per heavy atom. The number of carboxylic acids is 1. The molecule has 2 aromatic heterocycles. The van der Waals surface area contributed by atoms with Gasteiger partial charge >= 0.3 is 24.2 Å². The third kappa shape index (κ3) is 7.99. The molecule has 2 aliphatic rings. The van der Waals surface area contributed by atoms with Gasteiger partial charge in [0.15, 0.2) is 11.6 Å². The molecule has 4 amide bonds. The van der Waals surface area contributed by atoms with Gasteiger partial charge in [0, 0.05) is 50.0 Å². The molecule has 4 heterocycles. The highest BCUT2D eigenvalue weighted by atomic mass is 19.1. The van der Waals surface area contributed by atoms with Crippen LogP contribution in [0, 0.1) is 11.7 Å². The third-order valence-corrected chi connectivity index (χ3v) is 10.6. The fourth-order valence-corrected chi connectivity index (χ4v) is 7.37. The fourth-order valence-electron chi connectivity index (χ4n) is 7.37. The van der Waals surface area contributed by atoms with Gasteiger partial charge in [-0.15, -0.1) is 10.2 Å². The zero-order chi connectivity index (χ0) is 42.8. The van der Waals surface area contributed by atoms with Crippen molar-refractivity contribution >= 4 is 52.4 Å². The maximum Gasteiger partial charge on any atom is 0.419 e. The van der Waals surface area contributed by atoms with E-state index in [1.165, 1.54) is 21.7 Å². The van der Waals surface area contributed by atoms with E-state index in [0.29, 0.717) is 23.3 Å². The van der Waals surface area contributed by atoms with Crippen LogP contribution in [0.3, 0.4) is 0 Å². The van der Waals surface area contributed by atoms with E-state index in [2.05, 4.69) is 15.5 Å². The molecular weight excluding hydrogens is 780 g/mol. The quantitative estimate of drug-likeness (QED) is 0.159. The molecule has 2 atom stereocenters. The number of aromatic carboxylic acids is 1. The predicted octanol–water partition coefficient (Wildman–Crippen LogP) is 5.97. The minimum absolute atomic E-state index is 0.0224. The van der Waals surface area contributed by atoms with Crippen molar-refractivity contribution in [3.8, 4) is 0 Å². The largest absolute Gasteiger partial charge is 0.477 e. The predicted molar refractivity (Wildman–Crippen MR) is 215 cm³/mol. The number of carboxylic acid groups (broad SMARTS) is 1. The number of nitrogens with one attached hydrogen (secondary N) is 1. The number of halogens is 1. The minimum atomic E-state index is -1.38. The highest BCUT2D eigenvalue weighted by molar-refractivity contribution is 5.98. The van der Waals surface area contributed by atoms with E-state index in [0.717, 1.165) is 16.5 Å². The molecule has 0 spiro atoms. The van der Waals surface area contributed by atoms with E-state index >= 15 is 4.39 Å². The van der Waals surface area contributed by atoms with Gasteiger partial charge in [-0.2, -0.15) is 0 Å². The molecule has 60 heavy (non-hydrogen) atoms. The van der Waals surface area contributed by atoms with E-state index in [1.54, 1.807) is 59.7 Å². The molecule has 0 radical (unpaired) electrons. The van der Waals surface area contributed by atoms with Crippen LogP contribution in [-0.4, -0.2) is 90.5 Å². The van der Waals surface area contributed by atoms with E-state index in [9.17, 15) is 33.9 Å². The average Bonchev–Trinajstić information content (AvgIpc) is 3.81. The van der Waals surface area contributed by atoms with Gasteiger partial charge < -0.3 is 34.3 Å². The summed E-state index contributed by atoms with van der Waals surface area (Å²) in [7, 11) is 0. The summed E-state index contributed by atoms with van der Waals surface area (Å²) in [5, 5.41) is 20.6. The number of carbonyl (C=O) groups excluding carboxylic acids is 4. The number of pyridine rings is 1. The molecular formula is C42H43FN8O9. The molecule has 0 saturated carbocycles. The summed E-state index contributed by atoms with van der Waals surface area (Å²) >= 11 is 0. The number of benzene rings is 3. The Balaban J connectivity index is 0.923. The second-order valence-corrected chi connectivity index (χ2v) is 14.9. The lowest BCUT2D eigenvalue weighted by Gasteiger charge is -2.35. The van der Waals surface area contributed by atoms with Crippen molar-refractivity contribution in [1.29, 1.82) is 0 Å². The van der Waals surface area contributed by atoms with Crippen LogP contribution in [0.2, 0.25) is 0 Å². The highest BCUT2D eigenvalue weighted by Crippen LogP contribution is 2.37. The molecule has 2 aliphatic heterocycles. The lowest BCUT2D eigenvalue weighted by Crippen LogP contribution is -2.49. The van der Waals surface area contributed by atoms with Gasteiger partial charge in [0.05, 0.1) is 17.1 Å². The Labute approximate surface area is 342 Å². The summed E-state index contributed by atoms with van der Waals surface area (Å²) in [4.78, 5) is 81.8. The number of carbonyl (C=O) groups is 5. The Morgan fingerprint density at radius 2 is 1.53 bits per heavy atom. The highest BCUT2D eigenvalue weighted by Gasteiger charge is 2.47. The molecule has 0 bridgehead atoms. The molecule has 0 aliphatic carbocycles. The molecule has 18 heteroatoms. The van der Waals surface area contributed by atoms with Crippen molar-refractivity contribution in [2.45, 2.75) is 59.4 Å². The number of hydrogen-bond donors (Lipinski definition) is 2. The Bertz CT molecular complexity index is 2530. The number of aromatic nitrogens is 4. The van der Waals surface area contributed by atoms with Crippen molar-refractivity contribution in [2.75, 3.05) is 36.4 Å². The lowest BCUT2D eigenvalue weighted by atomic mass is 10.0. The van der Waals surface area contributed by atoms with Gasteiger partial charge in [-0.25, -0.2) is 33.0 Å². The number of hydrogen-bond acceptors (Lipinski definition) is 11. The first-order chi connectivity index (χ1) is 28.8. The SMILES string of the molecule is CCn1cc(C(=O)O)c(=O)c2cc(F)c(N3CCN(C(=O)OCc4ccc(NC(=O)C(C)c5nnc6n5C(=O)N(C(=O)OCc5ccccc5)C6C(C)C)cc4)CC3)cc21. The summed E-state index contributed by atoms with van der Waals surface area (Å²) in [6, 6.07) is 16.9. The van der Waals surface area contributed by atoms with Crippen LogP contribution in [0.4, 0.5) is 30.1 Å². The Morgan fingerprint density at radius 3 is 2.17 bits per heavy atom. The van der Waals surface area contributed by atoms with E-state index in [4.69, 9.17) is 9.47 Å².